The normalized spacial score (nSPS) is 10.5. The molecule has 0 radical (unpaired) electrons. The molecule has 0 aliphatic carbocycles. The van der Waals surface area contributed by atoms with Gasteiger partial charge in [0.2, 0.25) is 0 Å². The highest BCUT2D eigenvalue weighted by Crippen LogP contribution is 2.17. The minimum atomic E-state index is -0.227. The molecule has 3 aromatic rings. The molecule has 3 rings (SSSR count). The summed E-state index contributed by atoms with van der Waals surface area (Å²) in [5, 5.41) is 4.30. The Balaban J connectivity index is 2.08. The third-order valence-electron chi connectivity index (χ3n) is 3.63. The molecule has 114 valence electrons. The number of rotatable bonds is 4. The summed E-state index contributed by atoms with van der Waals surface area (Å²) in [6.45, 7) is 3.42. The number of aryl methyl sites for hydroxylation is 1. The second-order valence-corrected chi connectivity index (χ2v) is 5.42. The Hall–Kier alpha value is -3.01. The van der Waals surface area contributed by atoms with E-state index in [0.29, 0.717) is 11.1 Å². The Labute approximate surface area is 134 Å². The first-order valence-corrected chi connectivity index (χ1v) is 7.33. The van der Waals surface area contributed by atoms with Crippen LogP contribution in [0.3, 0.4) is 0 Å². The lowest BCUT2D eigenvalue weighted by molar-refractivity contribution is 0.0987. The second-order valence-electron chi connectivity index (χ2n) is 5.42. The van der Waals surface area contributed by atoms with Crippen molar-refractivity contribution in [1.29, 1.82) is 0 Å². The van der Waals surface area contributed by atoms with Crippen LogP contribution in [0.4, 0.5) is 0 Å². The van der Waals surface area contributed by atoms with Crippen molar-refractivity contribution in [3.63, 3.8) is 0 Å². The standard InChI is InChI=1S/C19H16N2O2/c1-13-8-10-16(11-9-13)21-12-17(18(20-21)14(2)22)19(23)15-6-4-3-5-7-15/h3-12H,1-2H3. The molecule has 0 atom stereocenters. The maximum absolute atomic E-state index is 12.7. The molecule has 1 aromatic heterocycles. The zero-order valence-electron chi connectivity index (χ0n) is 13.0. The molecule has 0 saturated carbocycles. The maximum Gasteiger partial charge on any atom is 0.196 e. The van der Waals surface area contributed by atoms with Crippen molar-refractivity contribution in [2.75, 3.05) is 0 Å². The van der Waals surface area contributed by atoms with Crippen LogP contribution in [0.15, 0.2) is 60.8 Å². The molecule has 0 bridgehead atoms. The molecule has 0 aliphatic heterocycles. The molecule has 0 fully saturated rings. The van der Waals surface area contributed by atoms with E-state index in [1.54, 1.807) is 35.1 Å². The highest BCUT2D eigenvalue weighted by Gasteiger charge is 2.21. The summed E-state index contributed by atoms with van der Waals surface area (Å²) in [4.78, 5) is 24.5. The predicted octanol–water partition coefficient (Wildman–Crippen LogP) is 3.61. The van der Waals surface area contributed by atoms with E-state index in [1.807, 2.05) is 37.3 Å². The van der Waals surface area contributed by atoms with Crippen LogP contribution in [0.2, 0.25) is 0 Å². The number of carbonyl (C=O) groups is 2. The maximum atomic E-state index is 12.7. The van der Waals surface area contributed by atoms with Crippen molar-refractivity contribution >= 4 is 11.6 Å². The smallest absolute Gasteiger partial charge is 0.196 e. The minimum Gasteiger partial charge on any atom is -0.293 e. The number of hydrogen-bond donors (Lipinski definition) is 0. The SMILES string of the molecule is CC(=O)c1nn(-c2ccc(C)cc2)cc1C(=O)c1ccccc1. The molecule has 0 amide bonds. The van der Waals surface area contributed by atoms with Gasteiger partial charge < -0.3 is 0 Å². The molecule has 4 nitrogen and oxygen atoms in total. The second kappa shape index (κ2) is 6.01. The Bertz CT molecular complexity index is 862. The fourth-order valence-corrected chi connectivity index (χ4v) is 2.37. The molecular weight excluding hydrogens is 288 g/mol. The lowest BCUT2D eigenvalue weighted by atomic mass is 10.0. The van der Waals surface area contributed by atoms with Gasteiger partial charge in [0.05, 0.1) is 11.3 Å². The summed E-state index contributed by atoms with van der Waals surface area (Å²) < 4.78 is 1.58. The number of aromatic nitrogens is 2. The molecule has 0 spiro atoms. The van der Waals surface area contributed by atoms with Gasteiger partial charge >= 0.3 is 0 Å². The van der Waals surface area contributed by atoms with Crippen LogP contribution in [-0.4, -0.2) is 21.3 Å². The summed E-state index contributed by atoms with van der Waals surface area (Å²) in [7, 11) is 0. The van der Waals surface area contributed by atoms with Crippen molar-refractivity contribution in [2.45, 2.75) is 13.8 Å². The average Bonchev–Trinajstić information content (AvgIpc) is 3.01. The molecule has 0 N–H and O–H groups in total. The van der Waals surface area contributed by atoms with Gasteiger partial charge in [0, 0.05) is 18.7 Å². The average molecular weight is 304 g/mol. The van der Waals surface area contributed by atoms with Gasteiger partial charge in [-0.1, -0.05) is 48.0 Å². The van der Waals surface area contributed by atoms with E-state index in [1.165, 1.54) is 6.92 Å². The number of carbonyl (C=O) groups excluding carboxylic acids is 2. The van der Waals surface area contributed by atoms with Gasteiger partial charge in [-0.3, -0.25) is 9.59 Å². The van der Waals surface area contributed by atoms with E-state index in [4.69, 9.17) is 0 Å². The molecule has 23 heavy (non-hydrogen) atoms. The van der Waals surface area contributed by atoms with Gasteiger partial charge in [-0.25, -0.2) is 4.68 Å². The Morgan fingerprint density at radius 3 is 2.22 bits per heavy atom. The zero-order valence-corrected chi connectivity index (χ0v) is 13.0. The van der Waals surface area contributed by atoms with E-state index in [9.17, 15) is 9.59 Å². The van der Waals surface area contributed by atoms with Crippen LogP contribution in [0, 0.1) is 6.92 Å². The number of hydrogen-bond acceptors (Lipinski definition) is 3. The fraction of sp³-hybridized carbons (Fsp3) is 0.105. The first-order valence-electron chi connectivity index (χ1n) is 7.33. The van der Waals surface area contributed by atoms with Crippen LogP contribution in [0.5, 0.6) is 0 Å². The van der Waals surface area contributed by atoms with Crippen molar-refractivity contribution < 1.29 is 9.59 Å². The van der Waals surface area contributed by atoms with Gasteiger partial charge in [0.25, 0.3) is 0 Å². The first kappa shape index (κ1) is 14.9. The van der Waals surface area contributed by atoms with Crippen LogP contribution in [0.1, 0.15) is 38.9 Å². The quantitative estimate of drug-likeness (QED) is 0.692. The largest absolute Gasteiger partial charge is 0.293 e. The first-order chi connectivity index (χ1) is 11.1. The lowest BCUT2D eigenvalue weighted by Gasteiger charge is -2.01. The van der Waals surface area contributed by atoms with E-state index >= 15 is 0 Å². The summed E-state index contributed by atoms with van der Waals surface area (Å²) in [6, 6.07) is 16.6. The zero-order chi connectivity index (χ0) is 16.4. The van der Waals surface area contributed by atoms with Crippen LogP contribution in [-0.2, 0) is 0 Å². The molecule has 0 saturated heterocycles. The topological polar surface area (TPSA) is 52.0 Å². The van der Waals surface area contributed by atoms with Crippen molar-refractivity contribution in [3.8, 4) is 5.69 Å². The third-order valence-corrected chi connectivity index (χ3v) is 3.63. The van der Waals surface area contributed by atoms with Crippen LogP contribution >= 0.6 is 0 Å². The molecule has 4 heteroatoms. The number of benzene rings is 2. The van der Waals surface area contributed by atoms with Crippen LogP contribution in [0.25, 0.3) is 5.69 Å². The molecule has 1 heterocycles. The summed E-state index contributed by atoms with van der Waals surface area (Å²) in [6.07, 6.45) is 1.62. The summed E-state index contributed by atoms with van der Waals surface area (Å²) >= 11 is 0. The Morgan fingerprint density at radius 2 is 1.61 bits per heavy atom. The number of ketones is 2. The van der Waals surface area contributed by atoms with Crippen molar-refractivity contribution in [2.24, 2.45) is 0 Å². The van der Waals surface area contributed by atoms with Gasteiger partial charge in [0.1, 0.15) is 5.69 Å². The minimum absolute atomic E-state index is 0.194. The van der Waals surface area contributed by atoms with Gasteiger partial charge in [0.15, 0.2) is 11.6 Å². The van der Waals surface area contributed by atoms with E-state index in [-0.39, 0.29) is 17.3 Å². The predicted molar refractivity (Wildman–Crippen MR) is 88.2 cm³/mol. The highest BCUT2D eigenvalue weighted by molar-refractivity contribution is 6.14. The Kier molecular flexibility index (Phi) is 3.89. The van der Waals surface area contributed by atoms with Gasteiger partial charge in [-0.2, -0.15) is 5.10 Å². The van der Waals surface area contributed by atoms with E-state index in [2.05, 4.69) is 5.10 Å². The number of Topliss-reactive ketones (excluding diaryl/α,β-unsaturated/α-hetero) is 1. The van der Waals surface area contributed by atoms with E-state index < -0.39 is 0 Å². The van der Waals surface area contributed by atoms with Crippen molar-refractivity contribution in [1.82, 2.24) is 9.78 Å². The lowest BCUT2D eigenvalue weighted by Crippen LogP contribution is -2.06. The van der Waals surface area contributed by atoms with Crippen molar-refractivity contribution in [3.05, 3.63) is 83.2 Å². The monoisotopic (exact) mass is 304 g/mol. The highest BCUT2D eigenvalue weighted by atomic mass is 16.1. The summed E-state index contributed by atoms with van der Waals surface area (Å²) in [5.74, 6) is -0.427. The van der Waals surface area contributed by atoms with E-state index in [0.717, 1.165) is 11.3 Å². The molecule has 0 aliphatic rings. The number of nitrogens with zero attached hydrogens (tertiary/aromatic N) is 2. The molecular formula is C19H16N2O2. The van der Waals surface area contributed by atoms with Gasteiger partial charge in [-0.15, -0.1) is 0 Å². The fourth-order valence-electron chi connectivity index (χ4n) is 2.37. The Morgan fingerprint density at radius 1 is 0.957 bits per heavy atom. The third kappa shape index (κ3) is 2.97. The summed E-state index contributed by atoms with van der Waals surface area (Å²) in [5.41, 5.74) is 3.00. The van der Waals surface area contributed by atoms with Gasteiger partial charge in [-0.05, 0) is 19.1 Å². The molecule has 2 aromatic carbocycles. The van der Waals surface area contributed by atoms with Crippen LogP contribution < -0.4 is 0 Å². The molecule has 0 unspecified atom stereocenters.